The van der Waals surface area contributed by atoms with Gasteiger partial charge in [-0.1, -0.05) is 44.0 Å². The summed E-state index contributed by atoms with van der Waals surface area (Å²) in [5.74, 6) is -4.70. The summed E-state index contributed by atoms with van der Waals surface area (Å²) in [4.78, 5) is 12.8. The zero-order chi connectivity index (χ0) is 36.8. The van der Waals surface area contributed by atoms with Crippen molar-refractivity contribution in [3.63, 3.8) is 0 Å². The first kappa shape index (κ1) is 17.1. The van der Waals surface area contributed by atoms with E-state index in [1.54, 1.807) is 30.3 Å². The number of benzene rings is 2. The number of anilines is 1. The highest BCUT2D eigenvalue weighted by Gasteiger charge is 2.44. The van der Waals surface area contributed by atoms with Gasteiger partial charge >= 0.3 is 6.09 Å². The summed E-state index contributed by atoms with van der Waals surface area (Å²) >= 11 is 0. The van der Waals surface area contributed by atoms with E-state index in [0.29, 0.717) is 9.87 Å². The fraction of sp³-hybridized carbons (Fsp3) is 0.519. The quantitative estimate of drug-likeness (QED) is 0.357. The van der Waals surface area contributed by atoms with Crippen LogP contribution in [0.1, 0.15) is 40.7 Å². The number of amides is 1. The Hall–Kier alpha value is -2.70. The average Bonchev–Trinajstić information content (AvgIpc) is 3.45. The molecule has 2 aromatic carbocycles. The van der Waals surface area contributed by atoms with Gasteiger partial charge in [-0.15, -0.1) is 0 Å². The van der Waals surface area contributed by atoms with Crippen molar-refractivity contribution in [1.82, 2.24) is 9.62 Å². The molecule has 4 N–H and O–H groups in total. The molecule has 0 radical (unpaired) electrons. The first-order valence-corrected chi connectivity index (χ1v) is 13.2. The number of sulfonamides is 1. The van der Waals surface area contributed by atoms with Gasteiger partial charge < -0.3 is 30.4 Å². The molecule has 11 heteroatoms. The highest BCUT2D eigenvalue weighted by atomic mass is 32.2. The van der Waals surface area contributed by atoms with Gasteiger partial charge in [0, 0.05) is 31.1 Å². The summed E-state index contributed by atoms with van der Waals surface area (Å²) in [6, 6.07) is 11.5. The van der Waals surface area contributed by atoms with Crippen LogP contribution in [0, 0.1) is 11.8 Å². The third kappa shape index (κ3) is 7.03. The van der Waals surface area contributed by atoms with E-state index in [9.17, 15) is 18.3 Å². The smallest absolute Gasteiger partial charge is 0.407 e. The Morgan fingerprint density at radius 2 is 1.97 bits per heavy atom. The van der Waals surface area contributed by atoms with Crippen LogP contribution in [0.3, 0.4) is 0 Å². The second kappa shape index (κ2) is 12.4. The molecule has 0 aromatic heterocycles. The highest BCUT2D eigenvalue weighted by Crippen LogP contribution is 2.33. The van der Waals surface area contributed by atoms with Crippen molar-refractivity contribution in [3.05, 3.63) is 60.2 Å². The van der Waals surface area contributed by atoms with Crippen LogP contribution in [0.5, 0.6) is 0 Å². The van der Waals surface area contributed by atoms with E-state index >= 15 is 0 Å². The van der Waals surface area contributed by atoms with Gasteiger partial charge in [0.05, 0.1) is 38.9 Å². The van der Waals surface area contributed by atoms with Gasteiger partial charge in [0.1, 0.15) is 6.10 Å². The van der Waals surface area contributed by atoms with Gasteiger partial charge in [0.15, 0.2) is 6.29 Å². The van der Waals surface area contributed by atoms with Crippen LogP contribution in [-0.2, 0) is 30.7 Å². The number of aliphatic hydroxyl groups excluding tert-OH is 1. The van der Waals surface area contributed by atoms with E-state index in [1.807, 2.05) is 0 Å². The van der Waals surface area contributed by atoms with Crippen molar-refractivity contribution < 1.29 is 47.6 Å². The van der Waals surface area contributed by atoms with Crippen LogP contribution in [0.15, 0.2) is 59.5 Å². The Labute approximate surface area is 239 Å². The van der Waals surface area contributed by atoms with Crippen LogP contribution in [0.2, 0.25) is 0 Å². The second-order valence-electron chi connectivity index (χ2n) is 8.89. The van der Waals surface area contributed by atoms with Crippen LogP contribution in [-0.4, -0.2) is 74.7 Å². The molecule has 5 atom stereocenters. The average molecular weight is 559 g/mol. The topological polar surface area (TPSA) is 140 Å². The first-order chi connectivity index (χ1) is 22.4. The molecule has 2 fully saturated rings. The summed E-state index contributed by atoms with van der Waals surface area (Å²) in [6.45, 7) is -12.5. The molecule has 2 heterocycles. The Bertz CT molecular complexity index is 1570. The molecule has 1 amide bonds. The number of fused-ring (bicyclic) bond motifs is 1. The number of hydrogen-bond donors (Lipinski definition) is 3. The Balaban J connectivity index is 1.66. The van der Waals surface area contributed by atoms with Crippen molar-refractivity contribution in [2.45, 2.75) is 55.9 Å². The molecule has 10 nitrogen and oxygen atoms in total. The van der Waals surface area contributed by atoms with Crippen molar-refractivity contribution in [1.29, 1.82) is 0 Å². The fourth-order valence-electron chi connectivity index (χ4n) is 4.13. The van der Waals surface area contributed by atoms with Gasteiger partial charge in [-0.05, 0) is 48.5 Å². The summed E-state index contributed by atoms with van der Waals surface area (Å²) in [7, 11) is -4.81. The Kier molecular flexibility index (Phi) is 5.59. The molecule has 0 bridgehead atoms. The molecular weight excluding hydrogens is 510 g/mol. The van der Waals surface area contributed by atoms with Crippen LogP contribution in [0.4, 0.5) is 10.5 Å². The molecule has 2 aliphatic heterocycles. The van der Waals surface area contributed by atoms with E-state index < -0.39 is 97.1 Å². The molecule has 208 valence electrons. The summed E-state index contributed by atoms with van der Waals surface area (Å²) in [6.07, 6.45) is -8.54. The highest BCUT2D eigenvalue weighted by molar-refractivity contribution is 7.89. The number of carbonyl (C=O) groups is 1. The van der Waals surface area contributed by atoms with Gasteiger partial charge in [0.25, 0.3) is 0 Å². The van der Waals surface area contributed by atoms with E-state index in [-0.39, 0.29) is 18.7 Å². The van der Waals surface area contributed by atoms with E-state index in [1.165, 1.54) is 12.1 Å². The first-order valence-electron chi connectivity index (χ1n) is 17.2. The second-order valence-corrected chi connectivity index (χ2v) is 10.8. The predicted octanol–water partition coefficient (Wildman–Crippen LogP) is 2.38. The third-order valence-corrected chi connectivity index (χ3v) is 7.91. The van der Waals surface area contributed by atoms with E-state index in [2.05, 4.69) is 5.32 Å². The Morgan fingerprint density at radius 3 is 2.68 bits per heavy atom. The number of ether oxygens (including phenoxy) is 3. The molecule has 4 rings (SSSR count). The molecule has 2 aromatic rings. The zero-order valence-corrected chi connectivity index (χ0v) is 21.1. The van der Waals surface area contributed by atoms with Crippen LogP contribution < -0.4 is 11.1 Å². The third-order valence-electron chi connectivity index (χ3n) is 6.09. The van der Waals surface area contributed by atoms with Crippen LogP contribution >= 0.6 is 0 Å². The normalized spacial score (nSPS) is 30.7. The lowest BCUT2D eigenvalue weighted by Crippen LogP contribution is -2.51. The monoisotopic (exact) mass is 558 g/mol. The minimum Gasteiger partial charge on any atom is -0.443 e. The molecule has 2 saturated heterocycles. The molecule has 0 saturated carbocycles. The van der Waals surface area contributed by atoms with Crippen molar-refractivity contribution in [2.24, 2.45) is 11.8 Å². The minimum atomic E-state index is -4.81. The van der Waals surface area contributed by atoms with Crippen LogP contribution in [0.25, 0.3) is 0 Å². The number of nitrogens with zero attached hydrogens (tertiary/aromatic N) is 1. The number of hydrogen-bond acceptors (Lipinski definition) is 8. The Morgan fingerprint density at radius 1 is 1.24 bits per heavy atom. The minimum absolute atomic E-state index is 0.156. The van der Waals surface area contributed by atoms with Crippen molar-refractivity contribution in [2.75, 3.05) is 32.0 Å². The van der Waals surface area contributed by atoms with Gasteiger partial charge in [-0.3, -0.25) is 0 Å². The number of aliphatic hydroxyl groups is 1. The maximum Gasteiger partial charge on any atom is 0.407 e. The molecule has 0 unspecified atom stereocenters. The number of rotatable bonds is 11. The van der Waals surface area contributed by atoms with Gasteiger partial charge in [-0.25, -0.2) is 13.2 Å². The summed E-state index contributed by atoms with van der Waals surface area (Å²) in [5.41, 5.74) is 6.41. The number of nitrogens with two attached hydrogens (primary N) is 1. The van der Waals surface area contributed by atoms with Crippen molar-refractivity contribution >= 4 is 21.8 Å². The molecule has 38 heavy (non-hydrogen) atoms. The zero-order valence-electron chi connectivity index (χ0n) is 31.2. The van der Waals surface area contributed by atoms with Crippen molar-refractivity contribution in [3.8, 4) is 0 Å². The standard InChI is InChI=1S/C27H37N3O7S/c1-18(2)15-30(38(33,34)21-10-8-20(28)9-11-21)16-24(31)23(14-19-6-4-3-5-7-19)29-27(32)37-25-17-36-26-22(25)12-13-35-26/h3-11,18,22-26,31H,12-17,28H2,1-2H3,(H,29,32)/t22-,23-,24+,25-,26+/m0/s1/i1D3,2D3,12D2,13D2,18D. The lowest BCUT2D eigenvalue weighted by atomic mass is 10.0. The molecule has 0 aliphatic carbocycles. The maximum absolute atomic E-state index is 13.9. The van der Waals surface area contributed by atoms with E-state index in [0.717, 1.165) is 12.1 Å². The SMILES string of the molecule is [2H]C([2H])([2H])C([2H])(CN(C[C@@H](O)[C@H](Cc1ccccc1)NC(=O)O[C@H]1CO[C@H]2OC([2H])([2H])C([2H])([2H])[C@H]21)S(=O)(=O)c1ccc(N)cc1)C([2H])([2H])[2H]. The number of carbonyl (C=O) groups excluding carboxylic acids is 1. The maximum atomic E-state index is 13.9. The lowest BCUT2D eigenvalue weighted by molar-refractivity contribution is -0.0907. The molecular formula is C27H37N3O7S. The predicted molar refractivity (Wildman–Crippen MR) is 142 cm³/mol. The number of nitrogens with one attached hydrogen (secondary N) is 1. The largest absolute Gasteiger partial charge is 0.443 e. The van der Waals surface area contributed by atoms with Gasteiger partial charge in [0.2, 0.25) is 10.0 Å². The fourth-order valence-corrected chi connectivity index (χ4v) is 5.56. The van der Waals surface area contributed by atoms with E-state index in [4.69, 9.17) is 35.0 Å². The summed E-state index contributed by atoms with van der Waals surface area (Å²) < 4.78 is 131. The van der Waals surface area contributed by atoms with Gasteiger partial charge in [-0.2, -0.15) is 4.31 Å². The summed E-state index contributed by atoms with van der Waals surface area (Å²) in [5, 5.41) is 13.9. The molecule has 0 spiro atoms. The number of alkyl carbamates (subject to hydrolysis) is 1. The lowest BCUT2D eigenvalue weighted by Gasteiger charge is -2.31. The molecule has 2 aliphatic rings. The number of nitrogen functional groups attached to an aromatic ring is 1.